The molecular weight excluding hydrogens is 352 g/mol. The van der Waals surface area contributed by atoms with Gasteiger partial charge in [0.25, 0.3) is 5.91 Å². The van der Waals surface area contributed by atoms with Crippen LogP contribution in [0.15, 0.2) is 79.0 Å². The van der Waals surface area contributed by atoms with Gasteiger partial charge in [0.05, 0.1) is 12.2 Å². The first-order valence-corrected chi connectivity index (χ1v) is 9.41. The number of carbonyl (C=O) groups is 1. The number of nitrogens with zero attached hydrogens (tertiary/aromatic N) is 2. The van der Waals surface area contributed by atoms with Crippen molar-refractivity contribution in [2.75, 3.05) is 13.2 Å². The van der Waals surface area contributed by atoms with Crippen molar-refractivity contribution in [2.45, 2.75) is 19.1 Å². The second-order valence-electron chi connectivity index (χ2n) is 6.68. The molecule has 0 saturated heterocycles. The van der Waals surface area contributed by atoms with Crippen molar-refractivity contribution in [1.82, 2.24) is 9.88 Å². The standard InChI is InChI=1S/C23H22N2O3/c26-23(22-17-27-20-11-4-5-12-21(20)28-22)25(16-19-10-6-7-14-24-19)15-13-18-8-2-1-3-9-18/h1-12,14,22H,13,15-17H2/t22-/m1/s1. The molecule has 5 heteroatoms. The lowest BCUT2D eigenvalue weighted by Crippen LogP contribution is -2.46. The minimum atomic E-state index is -0.658. The molecule has 1 aliphatic heterocycles. The van der Waals surface area contributed by atoms with Crippen LogP contribution in [0.2, 0.25) is 0 Å². The Kier molecular flexibility index (Phi) is 5.52. The number of benzene rings is 2. The highest BCUT2D eigenvalue weighted by molar-refractivity contribution is 5.82. The molecule has 2 heterocycles. The van der Waals surface area contributed by atoms with Crippen molar-refractivity contribution in [1.29, 1.82) is 0 Å². The molecule has 1 aromatic heterocycles. The predicted molar refractivity (Wildman–Crippen MR) is 106 cm³/mol. The average Bonchev–Trinajstić information content (AvgIpc) is 2.77. The van der Waals surface area contributed by atoms with E-state index in [1.165, 1.54) is 5.56 Å². The van der Waals surface area contributed by atoms with Crippen molar-refractivity contribution in [3.8, 4) is 11.5 Å². The maximum absolute atomic E-state index is 13.2. The van der Waals surface area contributed by atoms with Crippen LogP contribution in [-0.4, -0.2) is 35.0 Å². The molecule has 1 atom stereocenters. The Morgan fingerprint density at radius 3 is 2.50 bits per heavy atom. The number of hydrogen-bond donors (Lipinski definition) is 0. The molecule has 4 rings (SSSR count). The quantitative estimate of drug-likeness (QED) is 0.663. The van der Waals surface area contributed by atoms with Gasteiger partial charge < -0.3 is 14.4 Å². The zero-order valence-electron chi connectivity index (χ0n) is 15.5. The first-order chi connectivity index (χ1) is 13.8. The maximum atomic E-state index is 13.2. The van der Waals surface area contributed by atoms with E-state index in [2.05, 4.69) is 17.1 Å². The Morgan fingerprint density at radius 2 is 1.71 bits per heavy atom. The van der Waals surface area contributed by atoms with Crippen LogP contribution in [0.3, 0.4) is 0 Å². The molecule has 0 N–H and O–H groups in total. The lowest BCUT2D eigenvalue weighted by atomic mass is 10.1. The maximum Gasteiger partial charge on any atom is 0.267 e. The van der Waals surface area contributed by atoms with Crippen LogP contribution in [0.4, 0.5) is 0 Å². The normalized spacial score (nSPS) is 15.1. The highest BCUT2D eigenvalue weighted by atomic mass is 16.6. The van der Waals surface area contributed by atoms with E-state index in [1.807, 2.05) is 60.7 Å². The molecule has 28 heavy (non-hydrogen) atoms. The van der Waals surface area contributed by atoms with Gasteiger partial charge in [-0.05, 0) is 36.2 Å². The zero-order valence-corrected chi connectivity index (χ0v) is 15.5. The number of hydrogen-bond acceptors (Lipinski definition) is 4. The van der Waals surface area contributed by atoms with E-state index in [-0.39, 0.29) is 12.5 Å². The highest BCUT2D eigenvalue weighted by Gasteiger charge is 2.31. The minimum absolute atomic E-state index is 0.0870. The summed E-state index contributed by atoms with van der Waals surface area (Å²) in [6.45, 7) is 1.23. The van der Waals surface area contributed by atoms with Crippen LogP contribution in [0, 0.1) is 0 Å². The van der Waals surface area contributed by atoms with Gasteiger partial charge in [0.1, 0.15) is 6.61 Å². The van der Waals surface area contributed by atoms with E-state index in [4.69, 9.17) is 9.47 Å². The summed E-state index contributed by atoms with van der Waals surface area (Å²) < 4.78 is 11.7. The molecule has 0 radical (unpaired) electrons. The number of para-hydroxylation sites is 2. The summed E-state index contributed by atoms with van der Waals surface area (Å²) in [5.41, 5.74) is 2.04. The molecule has 1 amide bonds. The van der Waals surface area contributed by atoms with E-state index in [9.17, 15) is 4.79 Å². The first kappa shape index (κ1) is 18.0. The van der Waals surface area contributed by atoms with Crippen molar-refractivity contribution in [2.24, 2.45) is 0 Å². The fourth-order valence-electron chi connectivity index (χ4n) is 3.21. The highest BCUT2D eigenvalue weighted by Crippen LogP contribution is 2.31. The van der Waals surface area contributed by atoms with Crippen molar-refractivity contribution in [3.05, 3.63) is 90.3 Å². The molecule has 0 fully saturated rings. The van der Waals surface area contributed by atoms with Crippen LogP contribution in [-0.2, 0) is 17.8 Å². The van der Waals surface area contributed by atoms with Crippen LogP contribution < -0.4 is 9.47 Å². The second-order valence-corrected chi connectivity index (χ2v) is 6.68. The van der Waals surface area contributed by atoms with Crippen molar-refractivity contribution < 1.29 is 14.3 Å². The summed E-state index contributed by atoms with van der Waals surface area (Å²) in [6.07, 6.45) is 1.85. The number of fused-ring (bicyclic) bond motifs is 1. The SMILES string of the molecule is O=C([C@H]1COc2ccccc2O1)N(CCc1ccccc1)Cc1ccccn1. The smallest absolute Gasteiger partial charge is 0.267 e. The van der Waals surface area contributed by atoms with Gasteiger partial charge in [-0.25, -0.2) is 0 Å². The van der Waals surface area contributed by atoms with Gasteiger partial charge in [-0.2, -0.15) is 0 Å². The summed E-state index contributed by atoms with van der Waals surface area (Å²) in [4.78, 5) is 19.4. The molecular formula is C23H22N2O3. The fraction of sp³-hybridized carbons (Fsp3) is 0.217. The summed E-state index contributed by atoms with van der Waals surface area (Å²) in [7, 11) is 0. The number of aromatic nitrogens is 1. The molecule has 0 saturated carbocycles. The Balaban J connectivity index is 1.49. The molecule has 0 spiro atoms. The third-order valence-electron chi connectivity index (χ3n) is 4.69. The van der Waals surface area contributed by atoms with Crippen molar-refractivity contribution in [3.63, 3.8) is 0 Å². The number of carbonyl (C=O) groups excluding carboxylic acids is 1. The van der Waals surface area contributed by atoms with Gasteiger partial charge in [-0.3, -0.25) is 9.78 Å². The molecule has 1 aliphatic rings. The molecule has 2 aromatic carbocycles. The number of rotatable bonds is 6. The van der Waals surface area contributed by atoms with Gasteiger partial charge in [-0.15, -0.1) is 0 Å². The summed E-state index contributed by atoms with van der Waals surface area (Å²) >= 11 is 0. The molecule has 3 aromatic rings. The Labute approximate surface area is 164 Å². The van der Waals surface area contributed by atoms with E-state index >= 15 is 0 Å². The third kappa shape index (κ3) is 4.31. The zero-order chi connectivity index (χ0) is 19.2. The molecule has 5 nitrogen and oxygen atoms in total. The van der Waals surface area contributed by atoms with Crippen LogP contribution in [0.5, 0.6) is 11.5 Å². The summed E-state index contributed by atoms with van der Waals surface area (Å²) in [5.74, 6) is 1.19. The van der Waals surface area contributed by atoms with Crippen LogP contribution in [0.25, 0.3) is 0 Å². The first-order valence-electron chi connectivity index (χ1n) is 9.41. The van der Waals surface area contributed by atoms with E-state index in [0.29, 0.717) is 24.6 Å². The largest absolute Gasteiger partial charge is 0.485 e. The monoisotopic (exact) mass is 374 g/mol. The summed E-state index contributed by atoms with van der Waals surface area (Å²) in [5, 5.41) is 0. The fourth-order valence-corrected chi connectivity index (χ4v) is 3.21. The third-order valence-corrected chi connectivity index (χ3v) is 4.69. The van der Waals surface area contributed by atoms with E-state index in [1.54, 1.807) is 11.1 Å². The average molecular weight is 374 g/mol. The Hall–Kier alpha value is -3.34. The number of ether oxygens (including phenoxy) is 2. The second kappa shape index (κ2) is 8.57. The van der Waals surface area contributed by atoms with Gasteiger partial charge >= 0.3 is 0 Å². The predicted octanol–water partition coefficient (Wildman–Crippen LogP) is 3.49. The lowest BCUT2D eigenvalue weighted by Gasteiger charge is -2.30. The molecule has 142 valence electrons. The number of pyridine rings is 1. The topological polar surface area (TPSA) is 51.7 Å². The molecule has 0 bridgehead atoms. The van der Waals surface area contributed by atoms with Gasteiger partial charge in [-0.1, -0.05) is 48.5 Å². The Morgan fingerprint density at radius 1 is 0.964 bits per heavy atom. The van der Waals surface area contributed by atoms with E-state index < -0.39 is 6.10 Å². The number of amides is 1. The van der Waals surface area contributed by atoms with Crippen molar-refractivity contribution >= 4 is 5.91 Å². The van der Waals surface area contributed by atoms with E-state index in [0.717, 1.165) is 12.1 Å². The lowest BCUT2D eigenvalue weighted by molar-refractivity contribution is -0.141. The van der Waals surface area contributed by atoms with Crippen LogP contribution >= 0.6 is 0 Å². The Bertz CT molecular complexity index is 915. The molecule has 0 unspecified atom stereocenters. The summed E-state index contributed by atoms with van der Waals surface area (Å²) in [6, 6.07) is 23.3. The molecule has 0 aliphatic carbocycles. The minimum Gasteiger partial charge on any atom is -0.485 e. The van der Waals surface area contributed by atoms with Gasteiger partial charge in [0, 0.05) is 12.7 Å². The van der Waals surface area contributed by atoms with Gasteiger partial charge in [0.2, 0.25) is 6.10 Å². The van der Waals surface area contributed by atoms with Gasteiger partial charge in [0.15, 0.2) is 11.5 Å². The van der Waals surface area contributed by atoms with Crippen LogP contribution in [0.1, 0.15) is 11.3 Å².